The molecule has 0 amide bonds. The van der Waals surface area contributed by atoms with E-state index in [2.05, 4.69) is 11.8 Å². The van der Waals surface area contributed by atoms with Gasteiger partial charge in [-0.25, -0.2) is 0 Å². The van der Waals surface area contributed by atoms with E-state index in [-0.39, 0.29) is 6.61 Å². The van der Waals surface area contributed by atoms with Crippen LogP contribution in [-0.2, 0) is 0 Å². The van der Waals surface area contributed by atoms with Gasteiger partial charge in [0.2, 0.25) is 0 Å². The van der Waals surface area contributed by atoms with Crippen LogP contribution in [0.4, 0.5) is 0 Å². The van der Waals surface area contributed by atoms with Gasteiger partial charge in [0.1, 0.15) is 5.60 Å². The van der Waals surface area contributed by atoms with Gasteiger partial charge < -0.3 is 10.2 Å². The second-order valence-electron chi connectivity index (χ2n) is 2.76. The molecule has 2 N–H and O–H groups in total. The molecule has 0 aliphatic heterocycles. The lowest BCUT2D eigenvalue weighted by molar-refractivity contribution is 0.118. The van der Waals surface area contributed by atoms with E-state index in [4.69, 9.17) is 5.11 Å². The molecule has 0 aromatic heterocycles. The Morgan fingerprint density at radius 3 is 2.55 bits per heavy atom. The summed E-state index contributed by atoms with van der Waals surface area (Å²) >= 11 is 0. The normalized spacial score (nSPS) is 14.9. The zero-order chi connectivity index (χ0) is 8.74. The molecule has 0 rings (SSSR count). The summed E-state index contributed by atoms with van der Waals surface area (Å²) in [5.74, 6) is 5.56. The number of unbranched alkanes of at least 4 members (excludes halogenated alkanes) is 1. The Kier molecular flexibility index (Phi) is 4.93. The highest BCUT2D eigenvalue weighted by Crippen LogP contribution is 2.05. The predicted octanol–water partition coefficient (Wildman–Crippen LogP) is 0.923. The van der Waals surface area contributed by atoms with Crippen LogP contribution in [0.2, 0.25) is 0 Å². The van der Waals surface area contributed by atoms with Crippen molar-refractivity contribution < 1.29 is 10.2 Å². The average molecular weight is 156 g/mol. The Labute approximate surface area is 68.2 Å². The van der Waals surface area contributed by atoms with Crippen molar-refractivity contribution in [1.29, 1.82) is 0 Å². The number of hydrogen-bond donors (Lipinski definition) is 2. The first-order valence-electron chi connectivity index (χ1n) is 3.95. The summed E-state index contributed by atoms with van der Waals surface area (Å²) in [5, 5.41) is 17.8. The third-order valence-corrected chi connectivity index (χ3v) is 1.51. The van der Waals surface area contributed by atoms with Crippen LogP contribution in [-0.4, -0.2) is 22.4 Å². The molecule has 0 saturated carbocycles. The van der Waals surface area contributed by atoms with Gasteiger partial charge in [-0.05, 0) is 19.8 Å². The van der Waals surface area contributed by atoms with Crippen LogP contribution in [0.5, 0.6) is 0 Å². The van der Waals surface area contributed by atoms with Crippen LogP contribution in [0.3, 0.4) is 0 Å². The fourth-order valence-corrected chi connectivity index (χ4v) is 0.509. The third-order valence-electron chi connectivity index (χ3n) is 1.51. The molecule has 0 heterocycles. The highest BCUT2D eigenvalue weighted by atomic mass is 16.3. The van der Waals surface area contributed by atoms with E-state index in [9.17, 15) is 5.11 Å². The minimum Gasteiger partial charge on any atom is -0.396 e. The quantitative estimate of drug-likeness (QED) is 0.471. The molecule has 11 heavy (non-hydrogen) atoms. The van der Waals surface area contributed by atoms with E-state index >= 15 is 0 Å². The van der Waals surface area contributed by atoms with Crippen molar-refractivity contribution in [3.63, 3.8) is 0 Å². The number of rotatable bonds is 3. The van der Waals surface area contributed by atoms with E-state index in [0.717, 1.165) is 0 Å². The van der Waals surface area contributed by atoms with Gasteiger partial charge in [-0.2, -0.15) is 0 Å². The minimum atomic E-state index is -0.852. The maximum absolute atomic E-state index is 9.39. The van der Waals surface area contributed by atoms with Crippen LogP contribution in [0.15, 0.2) is 0 Å². The Bertz CT molecular complexity index is 151. The summed E-state index contributed by atoms with van der Waals surface area (Å²) < 4.78 is 0. The maximum atomic E-state index is 9.39. The molecule has 1 atom stereocenters. The standard InChI is InChI=1S/C9H16O2/c1-3-9(2,11)7-5-4-6-8-10/h10-11H,3-4,6,8H2,1-2H3. The lowest BCUT2D eigenvalue weighted by Gasteiger charge is -2.11. The van der Waals surface area contributed by atoms with Gasteiger partial charge in [-0.3, -0.25) is 0 Å². The van der Waals surface area contributed by atoms with Gasteiger partial charge in [0.15, 0.2) is 0 Å². The van der Waals surface area contributed by atoms with Gasteiger partial charge >= 0.3 is 0 Å². The van der Waals surface area contributed by atoms with E-state index in [1.165, 1.54) is 0 Å². The summed E-state index contributed by atoms with van der Waals surface area (Å²) in [4.78, 5) is 0. The van der Waals surface area contributed by atoms with Crippen molar-refractivity contribution >= 4 is 0 Å². The van der Waals surface area contributed by atoms with Crippen molar-refractivity contribution in [3.05, 3.63) is 0 Å². The summed E-state index contributed by atoms with van der Waals surface area (Å²) in [6, 6.07) is 0. The van der Waals surface area contributed by atoms with Crippen molar-refractivity contribution in [2.24, 2.45) is 0 Å². The Hall–Kier alpha value is -0.520. The molecule has 0 fully saturated rings. The molecule has 2 nitrogen and oxygen atoms in total. The highest BCUT2D eigenvalue weighted by molar-refractivity contribution is 5.11. The number of aliphatic hydroxyl groups excluding tert-OH is 1. The first-order valence-corrected chi connectivity index (χ1v) is 3.95. The van der Waals surface area contributed by atoms with Gasteiger partial charge in [-0.1, -0.05) is 12.8 Å². The van der Waals surface area contributed by atoms with Crippen molar-refractivity contribution in [1.82, 2.24) is 0 Å². The van der Waals surface area contributed by atoms with E-state index in [0.29, 0.717) is 19.3 Å². The molecule has 0 bridgehead atoms. The fraction of sp³-hybridized carbons (Fsp3) is 0.778. The summed E-state index contributed by atoms with van der Waals surface area (Å²) in [5.41, 5.74) is -0.852. The molecule has 2 heteroatoms. The highest BCUT2D eigenvalue weighted by Gasteiger charge is 2.11. The smallest absolute Gasteiger partial charge is 0.122 e. The van der Waals surface area contributed by atoms with Crippen molar-refractivity contribution in [3.8, 4) is 11.8 Å². The lowest BCUT2D eigenvalue weighted by Crippen LogP contribution is -2.19. The first kappa shape index (κ1) is 10.5. The molecule has 0 saturated heterocycles. The van der Waals surface area contributed by atoms with Crippen LogP contribution in [0.25, 0.3) is 0 Å². The second kappa shape index (κ2) is 5.17. The Morgan fingerprint density at radius 2 is 2.09 bits per heavy atom. The maximum Gasteiger partial charge on any atom is 0.122 e. The topological polar surface area (TPSA) is 40.5 Å². The summed E-state index contributed by atoms with van der Waals surface area (Å²) in [6.45, 7) is 3.75. The third kappa shape index (κ3) is 5.90. The lowest BCUT2D eigenvalue weighted by atomic mass is 10.0. The fourth-order valence-electron chi connectivity index (χ4n) is 0.509. The molecule has 0 aromatic rings. The SMILES string of the molecule is CCC(C)(O)C#CCCCO. The van der Waals surface area contributed by atoms with Gasteiger partial charge in [-0.15, -0.1) is 5.92 Å². The molecular formula is C9H16O2. The zero-order valence-electron chi connectivity index (χ0n) is 7.22. The molecule has 0 aromatic carbocycles. The Balaban J connectivity index is 3.67. The first-order chi connectivity index (χ1) is 5.12. The molecule has 0 radical (unpaired) electrons. The zero-order valence-corrected chi connectivity index (χ0v) is 7.22. The molecule has 0 spiro atoms. The minimum absolute atomic E-state index is 0.170. The summed E-state index contributed by atoms with van der Waals surface area (Å²) in [7, 11) is 0. The summed E-state index contributed by atoms with van der Waals surface area (Å²) in [6.07, 6.45) is 1.98. The molecule has 64 valence electrons. The van der Waals surface area contributed by atoms with Gasteiger partial charge in [0, 0.05) is 13.0 Å². The monoisotopic (exact) mass is 156 g/mol. The largest absolute Gasteiger partial charge is 0.396 e. The van der Waals surface area contributed by atoms with Crippen LogP contribution < -0.4 is 0 Å². The van der Waals surface area contributed by atoms with Gasteiger partial charge in [0.05, 0.1) is 0 Å². The number of hydrogen-bond acceptors (Lipinski definition) is 2. The molecule has 0 aliphatic carbocycles. The average Bonchev–Trinajstić information content (AvgIpc) is 1.99. The van der Waals surface area contributed by atoms with Crippen molar-refractivity contribution in [2.75, 3.05) is 6.61 Å². The van der Waals surface area contributed by atoms with Crippen LogP contribution in [0, 0.1) is 11.8 Å². The van der Waals surface area contributed by atoms with E-state index in [1.54, 1.807) is 6.92 Å². The number of aliphatic hydroxyl groups is 2. The molecular weight excluding hydrogens is 140 g/mol. The van der Waals surface area contributed by atoms with Gasteiger partial charge in [0.25, 0.3) is 0 Å². The van der Waals surface area contributed by atoms with E-state index in [1.807, 2.05) is 6.92 Å². The second-order valence-corrected chi connectivity index (χ2v) is 2.76. The Morgan fingerprint density at radius 1 is 1.45 bits per heavy atom. The van der Waals surface area contributed by atoms with Crippen molar-refractivity contribution in [2.45, 2.75) is 38.7 Å². The van der Waals surface area contributed by atoms with Crippen LogP contribution in [0.1, 0.15) is 33.1 Å². The predicted molar refractivity (Wildman–Crippen MR) is 45.0 cm³/mol. The molecule has 1 unspecified atom stereocenters. The molecule has 0 aliphatic rings. The van der Waals surface area contributed by atoms with E-state index < -0.39 is 5.60 Å². The van der Waals surface area contributed by atoms with Crippen LogP contribution >= 0.6 is 0 Å².